The van der Waals surface area contributed by atoms with Crippen molar-refractivity contribution >= 4 is 39.9 Å². The van der Waals surface area contributed by atoms with Crippen molar-refractivity contribution in [3.8, 4) is 5.75 Å². The predicted octanol–water partition coefficient (Wildman–Crippen LogP) is 5.43. The van der Waals surface area contributed by atoms with Crippen molar-refractivity contribution in [2.45, 2.75) is 6.04 Å². The number of nitrogens with one attached hydrogen (secondary N) is 3. The van der Waals surface area contributed by atoms with Crippen LogP contribution >= 0.6 is 0 Å². The molecule has 1 aliphatic heterocycles. The van der Waals surface area contributed by atoms with Crippen molar-refractivity contribution < 1.29 is 19.1 Å². The van der Waals surface area contributed by atoms with E-state index in [1.165, 1.54) is 0 Å². The molecule has 0 aromatic heterocycles. The average Bonchev–Trinajstić information content (AvgIpc) is 3.51. The molecule has 186 valence electrons. The third kappa shape index (κ3) is 3.96. The van der Waals surface area contributed by atoms with Gasteiger partial charge in [0.05, 0.1) is 23.9 Å². The molecule has 0 radical (unpaired) electrons. The minimum atomic E-state index is -0.691. The molecule has 6 rings (SSSR count). The normalized spacial score (nSPS) is 15.3. The number of amides is 3. The number of ether oxygens (including phenoxy) is 1. The van der Waals surface area contributed by atoms with Gasteiger partial charge in [-0.25, -0.2) is 10.2 Å². The molecule has 4 aromatic carbocycles. The minimum absolute atomic E-state index is 0.253. The molecule has 1 aliphatic carbocycles. The molecule has 0 spiro atoms. The Morgan fingerprint density at radius 2 is 1.66 bits per heavy atom. The van der Waals surface area contributed by atoms with Gasteiger partial charge in [-0.15, -0.1) is 0 Å². The van der Waals surface area contributed by atoms with Gasteiger partial charge in [-0.05, 0) is 58.8 Å². The lowest BCUT2D eigenvalue weighted by Crippen LogP contribution is -2.44. The van der Waals surface area contributed by atoms with Gasteiger partial charge >= 0.3 is 6.03 Å². The molecule has 9 heteroatoms. The molecule has 4 aromatic rings. The number of nitrogens with zero attached hydrogens (tertiary/aromatic N) is 2. The van der Waals surface area contributed by atoms with Crippen LogP contribution < -0.4 is 20.9 Å². The second-order valence-corrected chi connectivity index (χ2v) is 8.80. The Morgan fingerprint density at radius 1 is 0.868 bits per heavy atom. The number of Topliss-reactive ketones (excluding diaryl/α,β-unsaturated/α-hetero) is 1. The molecule has 38 heavy (non-hydrogen) atoms. The van der Waals surface area contributed by atoms with Gasteiger partial charge < -0.3 is 10.1 Å². The number of carbonyl (C=O) groups is 3. The fraction of sp³-hybridized carbons (Fsp3) is 0.0690. The van der Waals surface area contributed by atoms with Gasteiger partial charge in [0.1, 0.15) is 17.5 Å². The third-order valence-electron chi connectivity index (χ3n) is 6.58. The number of methoxy groups -OCH3 is 1. The molecule has 3 amide bonds. The third-order valence-corrected chi connectivity index (χ3v) is 6.58. The van der Waals surface area contributed by atoms with Crippen LogP contribution in [-0.4, -0.2) is 24.8 Å². The summed E-state index contributed by atoms with van der Waals surface area (Å²) >= 11 is 0. The smallest absolute Gasteiger partial charge is 0.337 e. The van der Waals surface area contributed by atoms with Crippen LogP contribution in [0.2, 0.25) is 0 Å². The first-order valence-corrected chi connectivity index (χ1v) is 11.9. The number of urea groups is 1. The van der Waals surface area contributed by atoms with Gasteiger partial charge in [0.15, 0.2) is 5.78 Å². The second kappa shape index (κ2) is 9.29. The first-order valence-electron chi connectivity index (χ1n) is 11.9. The van der Waals surface area contributed by atoms with Crippen LogP contribution in [0.4, 0.5) is 10.5 Å². The molecular formula is C29H21N5O4. The predicted molar refractivity (Wildman–Crippen MR) is 142 cm³/mol. The van der Waals surface area contributed by atoms with Crippen LogP contribution in [0.5, 0.6) is 5.75 Å². The number of hydrazine groups is 1. The highest BCUT2D eigenvalue weighted by Crippen LogP contribution is 2.49. The highest BCUT2D eigenvalue weighted by atomic mass is 16.5. The van der Waals surface area contributed by atoms with Crippen molar-refractivity contribution in [3.05, 3.63) is 113 Å². The van der Waals surface area contributed by atoms with Gasteiger partial charge in [0.25, 0.3) is 5.91 Å². The van der Waals surface area contributed by atoms with E-state index in [2.05, 4.69) is 26.4 Å². The van der Waals surface area contributed by atoms with E-state index < -0.39 is 18.0 Å². The van der Waals surface area contributed by atoms with E-state index in [-0.39, 0.29) is 5.78 Å². The number of hydrogen-bond donors (Lipinski definition) is 3. The van der Waals surface area contributed by atoms with Crippen LogP contribution in [0.25, 0.3) is 16.5 Å². The second-order valence-electron chi connectivity index (χ2n) is 8.80. The Kier molecular flexibility index (Phi) is 5.65. The fourth-order valence-electron chi connectivity index (χ4n) is 4.73. The summed E-state index contributed by atoms with van der Waals surface area (Å²) in [4.78, 5) is 38.7. The van der Waals surface area contributed by atoms with Gasteiger partial charge in [0.2, 0.25) is 0 Å². The fourth-order valence-corrected chi connectivity index (χ4v) is 4.73. The number of ketones is 1. The summed E-state index contributed by atoms with van der Waals surface area (Å²) in [5.74, 6) is -0.0292. The highest BCUT2D eigenvalue weighted by molar-refractivity contribution is 6.22. The Labute approximate surface area is 217 Å². The monoisotopic (exact) mass is 503 g/mol. The quantitative estimate of drug-likeness (QED) is 0.322. The summed E-state index contributed by atoms with van der Waals surface area (Å²) in [6.45, 7) is 0. The lowest BCUT2D eigenvalue weighted by molar-refractivity contribution is 0.0937. The molecule has 1 unspecified atom stereocenters. The molecule has 1 atom stereocenters. The first-order chi connectivity index (χ1) is 18.5. The lowest BCUT2D eigenvalue weighted by Gasteiger charge is -2.12. The highest BCUT2D eigenvalue weighted by Gasteiger charge is 2.42. The Bertz CT molecular complexity index is 1690. The zero-order valence-electron chi connectivity index (χ0n) is 20.2. The zero-order valence-corrected chi connectivity index (χ0v) is 20.2. The van der Waals surface area contributed by atoms with E-state index >= 15 is 0 Å². The maximum Gasteiger partial charge on any atom is 0.337 e. The van der Waals surface area contributed by atoms with E-state index in [0.717, 1.165) is 16.3 Å². The van der Waals surface area contributed by atoms with E-state index in [4.69, 9.17) is 4.74 Å². The minimum Gasteiger partial charge on any atom is -0.497 e. The summed E-state index contributed by atoms with van der Waals surface area (Å²) < 4.78 is 5.21. The lowest BCUT2D eigenvalue weighted by atomic mass is 10.0. The largest absolute Gasteiger partial charge is 0.497 e. The van der Waals surface area contributed by atoms with Crippen molar-refractivity contribution in [2.75, 3.05) is 12.4 Å². The number of hydrogen-bond acceptors (Lipinski definition) is 6. The number of fused-ring (bicyclic) bond motifs is 4. The maximum atomic E-state index is 13.5. The van der Waals surface area contributed by atoms with Crippen molar-refractivity contribution in [2.24, 2.45) is 10.2 Å². The maximum absolute atomic E-state index is 13.5. The van der Waals surface area contributed by atoms with Crippen LogP contribution in [0.3, 0.4) is 0 Å². The van der Waals surface area contributed by atoms with E-state index in [1.54, 1.807) is 49.6 Å². The van der Waals surface area contributed by atoms with E-state index in [9.17, 15) is 14.4 Å². The summed E-state index contributed by atoms with van der Waals surface area (Å²) in [6.07, 6.45) is 0. The Hall–Kier alpha value is -5.31. The number of benzene rings is 4. The summed E-state index contributed by atoms with van der Waals surface area (Å²) in [5, 5.41) is 13.2. The van der Waals surface area contributed by atoms with E-state index in [1.807, 2.05) is 42.5 Å². The van der Waals surface area contributed by atoms with Crippen LogP contribution in [0.1, 0.15) is 37.9 Å². The standard InChI is InChI=1S/C29H21N5O4/c1-38-20-13-11-17(12-14-20)25-24-26(32-31-25)21-7-4-8-22(23(21)27(24)35)30-29(37)34-33-28(36)19-10-9-16-5-2-3-6-18(16)15-19/h2-15,26H,1H3,(H,33,36)(H2,30,34,37). The van der Waals surface area contributed by atoms with Crippen LogP contribution in [-0.2, 0) is 0 Å². The molecule has 1 heterocycles. The van der Waals surface area contributed by atoms with E-state index in [0.29, 0.717) is 39.4 Å². The van der Waals surface area contributed by atoms with Crippen molar-refractivity contribution in [1.29, 1.82) is 0 Å². The Morgan fingerprint density at radius 3 is 2.45 bits per heavy atom. The Balaban J connectivity index is 1.19. The topological polar surface area (TPSA) is 121 Å². The molecule has 0 bridgehead atoms. The van der Waals surface area contributed by atoms with Crippen LogP contribution in [0.15, 0.2) is 101 Å². The number of rotatable bonds is 4. The van der Waals surface area contributed by atoms with Gasteiger partial charge in [-0.1, -0.05) is 42.5 Å². The first kappa shape index (κ1) is 23.1. The molecular weight excluding hydrogens is 482 g/mol. The van der Waals surface area contributed by atoms with Gasteiger partial charge in [0, 0.05) is 11.1 Å². The average molecular weight is 504 g/mol. The number of azo groups is 1. The van der Waals surface area contributed by atoms with Crippen molar-refractivity contribution in [3.63, 3.8) is 0 Å². The summed E-state index contributed by atoms with van der Waals surface area (Å²) in [7, 11) is 1.58. The number of anilines is 1. The summed E-state index contributed by atoms with van der Waals surface area (Å²) in [6, 6.07) is 24.1. The zero-order chi connectivity index (χ0) is 26.2. The molecule has 0 fully saturated rings. The molecule has 9 nitrogen and oxygen atoms in total. The molecule has 2 aliphatic rings. The van der Waals surface area contributed by atoms with Crippen LogP contribution in [0, 0.1) is 0 Å². The van der Waals surface area contributed by atoms with Gasteiger partial charge in [-0.2, -0.15) is 10.2 Å². The molecule has 3 N–H and O–H groups in total. The number of carbonyl (C=O) groups excluding carboxylic acids is 3. The SMILES string of the molecule is COc1ccc(C2=C3C(=O)c4c(NC(=O)NNC(=O)c5ccc6ccccc6c5)cccc4C3N=N2)cc1. The van der Waals surface area contributed by atoms with Gasteiger partial charge in [-0.3, -0.25) is 15.0 Å². The molecule has 0 saturated carbocycles. The molecule has 0 saturated heterocycles. The summed E-state index contributed by atoms with van der Waals surface area (Å²) in [5.41, 5.74) is 8.19. The van der Waals surface area contributed by atoms with Crippen molar-refractivity contribution in [1.82, 2.24) is 10.9 Å².